The topological polar surface area (TPSA) is 49.3 Å². The highest BCUT2D eigenvalue weighted by atomic mass is 16.4. The molecule has 0 aromatic rings. The molecule has 2 N–H and O–H groups in total. The fraction of sp³-hybridized carbons (Fsp3) is 0.909. The van der Waals surface area contributed by atoms with E-state index in [4.69, 9.17) is 5.11 Å². The van der Waals surface area contributed by atoms with E-state index >= 15 is 0 Å². The van der Waals surface area contributed by atoms with Crippen molar-refractivity contribution in [1.29, 1.82) is 0 Å². The molecular formula is C11H19NO2. The Morgan fingerprint density at radius 3 is 2.43 bits per heavy atom. The molecule has 0 bridgehead atoms. The van der Waals surface area contributed by atoms with Crippen molar-refractivity contribution in [1.82, 2.24) is 5.32 Å². The third kappa shape index (κ3) is 2.08. The smallest absolute Gasteiger partial charge is 0.308 e. The summed E-state index contributed by atoms with van der Waals surface area (Å²) in [7, 11) is 0. The Hall–Kier alpha value is -0.570. The molecule has 0 aliphatic heterocycles. The van der Waals surface area contributed by atoms with Crippen LogP contribution in [0.15, 0.2) is 0 Å². The number of carboxylic acid groups (broad SMARTS) is 1. The Morgan fingerprint density at radius 2 is 1.93 bits per heavy atom. The third-order valence-corrected chi connectivity index (χ3v) is 3.74. The minimum absolute atomic E-state index is 0.114. The number of carboxylic acids is 1. The van der Waals surface area contributed by atoms with Crippen LogP contribution in [-0.4, -0.2) is 23.7 Å². The Kier molecular flexibility index (Phi) is 3.06. The zero-order valence-corrected chi connectivity index (χ0v) is 8.54. The minimum Gasteiger partial charge on any atom is -0.481 e. The normalized spacial score (nSPS) is 32.9. The van der Waals surface area contributed by atoms with Gasteiger partial charge in [-0.25, -0.2) is 0 Å². The molecule has 2 atom stereocenters. The number of carbonyl (C=O) groups is 1. The van der Waals surface area contributed by atoms with Gasteiger partial charge < -0.3 is 10.4 Å². The molecule has 80 valence electrons. The van der Waals surface area contributed by atoms with E-state index in [9.17, 15) is 4.79 Å². The van der Waals surface area contributed by atoms with Crippen molar-refractivity contribution in [2.24, 2.45) is 11.8 Å². The Labute approximate surface area is 84.9 Å². The van der Waals surface area contributed by atoms with Crippen molar-refractivity contribution < 1.29 is 9.90 Å². The van der Waals surface area contributed by atoms with E-state index in [1.165, 1.54) is 25.7 Å². The first-order chi connectivity index (χ1) is 6.77. The molecule has 2 aliphatic rings. The van der Waals surface area contributed by atoms with Crippen LogP contribution in [0.5, 0.6) is 0 Å². The molecule has 3 heteroatoms. The first kappa shape index (κ1) is 9.97. The van der Waals surface area contributed by atoms with Gasteiger partial charge in [0.25, 0.3) is 0 Å². The van der Waals surface area contributed by atoms with E-state index < -0.39 is 5.97 Å². The number of hydrogen-bond acceptors (Lipinski definition) is 2. The van der Waals surface area contributed by atoms with Crippen molar-refractivity contribution in [2.45, 2.75) is 44.6 Å². The van der Waals surface area contributed by atoms with E-state index in [2.05, 4.69) is 5.32 Å². The van der Waals surface area contributed by atoms with Crippen LogP contribution in [0.25, 0.3) is 0 Å². The van der Waals surface area contributed by atoms with Gasteiger partial charge in [0.1, 0.15) is 0 Å². The summed E-state index contributed by atoms with van der Waals surface area (Å²) in [6.45, 7) is 1.04. The molecule has 0 radical (unpaired) electrons. The molecule has 2 fully saturated rings. The summed E-state index contributed by atoms with van der Waals surface area (Å²) in [5.74, 6) is 0.0709. The summed E-state index contributed by atoms with van der Waals surface area (Å²) in [6.07, 6.45) is 7.29. The molecule has 0 aromatic heterocycles. The second-order valence-electron chi connectivity index (χ2n) is 4.69. The zero-order valence-electron chi connectivity index (χ0n) is 8.54. The lowest BCUT2D eigenvalue weighted by molar-refractivity contribution is -0.146. The fourth-order valence-electron chi connectivity index (χ4n) is 2.57. The average Bonchev–Trinajstić information content (AvgIpc) is 2.53. The lowest BCUT2D eigenvalue weighted by Crippen LogP contribution is -2.48. The molecule has 2 saturated carbocycles. The van der Waals surface area contributed by atoms with E-state index in [1.54, 1.807) is 0 Å². The predicted octanol–water partition coefficient (Wildman–Crippen LogP) is 1.63. The van der Waals surface area contributed by atoms with Crippen molar-refractivity contribution >= 4 is 5.97 Å². The number of rotatable bonds is 4. The Morgan fingerprint density at radius 1 is 1.21 bits per heavy atom. The lowest BCUT2D eigenvalue weighted by Gasteiger charge is -2.34. The number of nitrogens with one attached hydrogen (secondary N) is 1. The van der Waals surface area contributed by atoms with Crippen molar-refractivity contribution in [3.63, 3.8) is 0 Å². The standard InChI is InChI=1S/C11H19NO2/c13-11(14)9-5-6-10(9)12-7-8-3-1-2-4-8/h8-10,12H,1-7H2,(H,13,14). The van der Waals surface area contributed by atoms with Gasteiger partial charge in [-0.05, 0) is 38.1 Å². The molecule has 0 heterocycles. The largest absolute Gasteiger partial charge is 0.481 e. The maximum absolute atomic E-state index is 10.7. The van der Waals surface area contributed by atoms with Crippen LogP contribution in [0.4, 0.5) is 0 Å². The summed E-state index contributed by atoms with van der Waals surface area (Å²) < 4.78 is 0. The molecular weight excluding hydrogens is 178 g/mol. The number of aliphatic carboxylic acids is 1. The first-order valence-corrected chi connectivity index (χ1v) is 5.73. The molecule has 0 amide bonds. The number of hydrogen-bond donors (Lipinski definition) is 2. The molecule has 2 unspecified atom stereocenters. The van der Waals surface area contributed by atoms with Gasteiger partial charge in [-0.2, -0.15) is 0 Å². The highest BCUT2D eigenvalue weighted by molar-refractivity contribution is 5.72. The summed E-state index contributed by atoms with van der Waals surface area (Å²) >= 11 is 0. The minimum atomic E-state index is -0.625. The van der Waals surface area contributed by atoms with E-state index in [0.717, 1.165) is 25.3 Å². The SMILES string of the molecule is O=C(O)C1CCC1NCC1CCCC1. The zero-order chi connectivity index (χ0) is 9.97. The van der Waals surface area contributed by atoms with Crippen molar-refractivity contribution in [3.05, 3.63) is 0 Å². The van der Waals surface area contributed by atoms with E-state index in [1.807, 2.05) is 0 Å². The Balaban J connectivity index is 1.67. The maximum atomic E-state index is 10.7. The summed E-state index contributed by atoms with van der Waals surface area (Å²) in [4.78, 5) is 10.7. The second-order valence-corrected chi connectivity index (χ2v) is 4.69. The van der Waals surface area contributed by atoms with Gasteiger partial charge in [0, 0.05) is 6.04 Å². The molecule has 2 aliphatic carbocycles. The van der Waals surface area contributed by atoms with Gasteiger partial charge in [0.2, 0.25) is 0 Å². The molecule has 2 rings (SSSR count). The molecule has 0 aromatic carbocycles. The lowest BCUT2D eigenvalue weighted by atomic mass is 9.79. The van der Waals surface area contributed by atoms with Gasteiger partial charge in [-0.1, -0.05) is 12.8 Å². The van der Waals surface area contributed by atoms with Crippen LogP contribution in [-0.2, 0) is 4.79 Å². The quantitative estimate of drug-likeness (QED) is 0.720. The van der Waals surface area contributed by atoms with Gasteiger partial charge in [0.15, 0.2) is 0 Å². The second kappa shape index (κ2) is 4.30. The molecule has 0 saturated heterocycles. The highest BCUT2D eigenvalue weighted by Crippen LogP contribution is 2.29. The van der Waals surface area contributed by atoms with Crippen molar-refractivity contribution in [2.75, 3.05) is 6.54 Å². The maximum Gasteiger partial charge on any atom is 0.308 e. The summed E-state index contributed by atoms with van der Waals surface area (Å²) in [5.41, 5.74) is 0. The first-order valence-electron chi connectivity index (χ1n) is 5.73. The molecule has 0 spiro atoms. The molecule has 14 heavy (non-hydrogen) atoms. The van der Waals surface area contributed by atoms with Crippen LogP contribution in [0, 0.1) is 11.8 Å². The van der Waals surface area contributed by atoms with Crippen LogP contribution in [0.1, 0.15) is 38.5 Å². The monoisotopic (exact) mass is 197 g/mol. The van der Waals surface area contributed by atoms with Crippen LogP contribution in [0.3, 0.4) is 0 Å². The van der Waals surface area contributed by atoms with Gasteiger partial charge >= 0.3 is 5.97 Å². The highest BCUT2D eigenvalue weighted by Gasteiger charge is 2.36. The third-order valence-electron chi connectivity index (χ3n) is 3.74. The van der Waals surface area contributed by atoms with E-state index in [0.29, 0.717) is 0 Å². The van der Waals surface area contributed by atoms with Crippen LogP contribution >= 0.6 is 0 Å². The summed E-state index contributed by atoms with van der Waals surface area (Å²) in [5, 5.41) is 12.3. The van der Waals surface area contributed by atoms with E-state index in [-0.39, 0.29) is 12.0 Å². The predicted molar refractivity (Wildman–Crippen MR) is 54.1 cm³/mol. The van der Waals surface area contributed by atoms with Gasteiger partial charge in [-0.3, -0.25) is 4.79 Å². The fourth-order valence-corrected chi connectivity index (χ4v) is 2.57. The van der Waals surface area contributed by atoms with Crippen LogP contribution < -0.4 is 5.32 Å². The average molecular weight is 197 g/mol. The van der Waals surface area contributed by atoms with Gasteiger partial charge in [0.05, 0.1) is 5.92 Å². The van der Waals surface area contributed by atoms with Gasteiger partial charge in [-0.15, -0.1) is 0 Å². The summed E-state index contributed by atoms with van der Waals surface area (Å²) in [6, 6.07) is 0.258. The Bertz CT molecular complexity index is 211. The molecule has 3 nitrogen and oxygen atoms in total. The van der Waals surface area contributed by atoms with Crippen molar-refractivity contribution in [3.8, 4) is 0 Å². The van der Waals surface area contributed by atoms with Crippen LogP contribution in [0.2, 0.25) is 0 Å².